The smallest absolute Gasteiger partial charge is 0.138 e. The summed E-state index contributed by atoms with van der Waals surface area (Å²) in [5.41, 5.74) is 0.446. The van der Waals surface area contributed by atoms with E-state index in [1.165, 1.54) is 12.8 Å². The molecule has 1 heterocycles. The Morgan fingerprint density at radius 1 is 1.44 bits per heavy atom. The van der Waals surface area contributed by atoms with E-state index in [9.17, 15) is 0 Å². The molecule has 1 aliphatic rings. The van der Waals surface area contributed by atoms with E-state index in [4.69, 9.17) is 0 Å². The number of alkyl halides is 1. The molecule has 2 rings (SSSR count). The Morgan fingerprint density at radius 2 is 2.12 bits per heavy atom. The van der Waals surface area contributed by atoms with E-state index in [1.54, 1.807) is 6.33 Å². The molecule has 1 atom stereocenters. The first kappa shape index (κ1) is 12.1. The van der Waals surface area contributed by atoms with Crippen molar-refractivity contribution in [2.24, 2.45) is 11.3 Å². The molecule has 4 heteroatoms. The van der Waals surface area contributed by atoms with E-state index >= 15 is 0 Å². The molecule has 1 aromatic rings. The fraction of sp³-hybridized carbons (Fsp3) is 0.833. The Labute approximate surface area is 106 Å². The number of aromatic nitrogens is 3. The summed E-state index contributed by atoms with van der Waals surface area (Å²) in [6, 6.07) is 0. The molecule has 3 nitrogen and oxygen atoms in total. The van der Waals surface area contributed by atoms with Gasteiger partial charge in [-0.2, -0.15) is 5.10 Å². The summed E-state index contributed by atoms with van der Waals surface area (Å²) in [6.45, 7) is 7.65. The largest absolute Gasteiger partial charge is 0.250 e. The quantitative estimate of drug-likeness (QED) is 0.779. The number of nitrogens with zero attached hydrogens (tertiary/aromatic N) is 3. The Bertz CT molecular complexity index is 353. The van der Waals surface area contributed by atoms with Crippen LogP contribution in [0.2, 0.25) is 0 Å². The summed E-state index contributed by atoms with van der Waals surface area (Å²) >= 11 is 3.72. The lowest BCUT2D eigenvalue weighted by molar-refractivity contribution is 0.428. The molecule has 0 spiro atoms. The average molecular weight is 286 g/mol. The minimum atomic E-state index is 0.446. The molecule has 1 aromatic heterocycles. The summed E-state index contributed by atoms with van der Waals surface area (Å²) in [5.74, 6) is 1.77. The molecule has 1 aliphatic carbocycles. The Kier molecular flexibility index (Phi) is 3.38. The summed E-state index contributed by atoms with van der Waals surface area (Å²) in [6.07, 6.45) is 5.38. The van der Waals surface area contributed by atoms with Gasteiger partial charge in [0, 0.05) is 17.8 Å². The maximum atomic E-state index is 4.41. The van der Waals surface area contributed by atoms with Crippen molar-refractivity contribution < 1.29 is 0 Å². The maximum Gasteiger partial charge on any atom is 0.138 e. The van der Waals surface area contributed by atoms with Crippen LogP contribution in [-0.4, -0.2) is 19.6 Å². The van der Waals surface area contributed by atoms with Crippen molar-refractivity contribution in [1.82, 2.24) is 14.8 Å². The standard InChI is InChI=1S/C12H20BrN3/c1-9(2)7-16-11(14-8-15-16)6-12(4-5-12)10(3)13/h8-10H,4-7H2,1-3H3. The second kappa shape index (κ2) is 4.47. The van der Waals surface area contributed by atoms with Crippen LogP contribution in [-0.2, 0) is 13.0 Å². The highest BCUT2D eigenvalue weighted by Crippen LogP contribution is 2.53. The average Bonchev–Trinajstić information content (AvgIpc) is 2.85. The first-order valence-electron chi connectivity index (χ1n) is 6.04. The number of hydrogen-bond donors (Lipinski definition) is 0. The molecular weight excluding hydrogens is 266 g/mol. The molecule has 90 valence electrons. The normalized spacial score (nSPS) is 20.1. The number of rotatable bonds is 5. The van der Waals surface area contributed by atoms with Gasteiger partial charge >= 0.3 is 0 Å². The zero-order valence-electron chi connectivity index (χ0n) is 10.3. The lowest BCUT2D eigenvalue weighted by atomic mass is 9.98. The van der Waals surface area contributed by atoms with E-state index in [0.717, 1.165) is 18.8 Å². The van der Waals surface area contributed by atoms with Crippen LogP contribution in [0.25, 0.3) is 0 Å². The molecule has 0 N–H and O–H groups in total. The molecule has 0 saturated heterocycles. The van der Waals surface area contributed by atoms with E-state index in [2.05, 4.69) is 51.5 Å². The van der Waals surface area contributed by atoms with Crippen molar-refractivity contribution in [2.75, 3.05) is 0 Å². The number of hydrogen-bond acceptors (Lipinski definition) is 2. The van der Waals surface area contributed by atoms with Gasteiger partial charge in [0.1, 0.15) is 12.2 Å². The molecule has 0 bridgehead atoms. The molecule has 1 unspecified atom stereocenters. The van der Waals surface area contributed by atoms with Crippen LogP contribution in [0.5, 0.6) is 0 Å². The first-order valence-corrected chi connectivity index (χ1v) is 6.96. The van der Waals surface area contributed by atoms with Gasteiger partial charge in [0.15, 0.2) is 0 Å². The van der Waals surface area contributed by atoms with Gasteiger partial charge in [-0.05, 0) is 24.2 Å². The third-order valence-corrected chi connectivity index (χ3v) is 4.45. The van der Waals surface area contributed by atoms with Crippen LogP contribution in [0.1, 0.15) is 39.4 Å². The van der Waals surface area contributed by atoms with Crippen molar-refractivity contribution in [3.8, 4) is 0 Å². The van der Waals surface area contributed by atoms with Gasteiger partial charge in [-0.15, -0.1) is 0 Å². The van der Waals surface area contributed by atoms with E-state index < -0.39 is 0 Å². The van der Waals surface area contributed by atoms with Gasteiger partial charge in [-0.3, -0.25) is 0 Å². The van der Waals surface area contributed by atoms with Crippen LogP contribution >= 0.6 is 15.9 Å². The van der Waals surface area contributed by atoms with Crippen LogP contribution < -0.4 is 0 Å². The van der Waals surface area contributed by atoms with E-state index in [-0.39, 0.29) is 0 Å². The van der Waals surface area contributed by atoms with Crippen molar-refractivity contribution in [3.63, 3.8) is 0 Å². The molecule has 16 heavy (non-hydrogen) atoms. The third-order valence-electron chi connectivity index (χ3n) is 3.48. The predicted octanol–water partition coefficient (Wildman–Crippen LogP) is 3.04. The highest BCUT2D eigenvalue weighted by atomic mass is 79.9. The van der Waals surface area contributed by atoms with Crippen LogP contribution in [0.15, 0.2) is 6.33 Å². The fourth-order valence-electron chi connectivity index (χ4n) is 2.11. The van der Waals surface area contributed by atoms with Gasteiger partial charge in [-0.25, -0.2) is 9.67 Å². The monoisotopic (exact) mass is 285 g/mol. The first-order chi connectivity index (χ1) is 7.53. The van der Waals surface area contributed by atoms with Gasteiger partial charge in [0.05, 0.1) is 0 Å². The van der Waals surface area contributed by atoms with E-state index in [1.807, 2.05) is 0 Å². The zero-order valence-corrected chi connectivity index (χ0v) is 11.9. The lowest BCUT2D eigenvalue weighted by Gasteiger charge is -2.18. The van der Waals surface area contributed by atoms with Gasteiger partial charge < -0.3 is 0 Å². The van der Waals surface area contributed by atoms with Gasteiger partial charge in [-0.1, -0.05) is 36.7 Å². The summed E-state index contributed by atoms with van der Waals surface area (Å²) in [7, 11) is 0. The summed E-state index contributed by atoms with van der Waals surface area (Å²) in [4.78, 5) is 4.98. The number of halogens is 1. The van der Waals surface area contributed by atoms with Crippen molar-refractivity contribution in [2.45, 2.75) is 51.4 Å². The van der Waals surface area contributed by atoms with Crippen LogP contribution in [0, 0.1) is 11.3 Å². The van der Waals surface area contributed by atoms with E-state index in [0.29, 0.717) is 16.2 Å². The highest BCUT2D eigenvalue weighted by Gasteiger charge is 2.47. The molecular formula is C12H20BrN3. The molecule has 0 amide bonds. The molecule has 0 aromatic carbocycles. The fourth-order valence-corrected chi connectivity index (χ4v) is 2.73. The minimum absolute atomic E-state index is 0.446. The molecule has 0 radical (unpaired) electrons. The minimum Gasteiger partial charge on any atom is -0.250 e. The third kappa shape index (κ3) is 2.47. The van der Waals surface area contributed by atoms with Crippen LogP contribution in [0.4, 0.5) is 0 Å². The molecule has 0 aliphatic heterocycles. The predicted molar refractivity (Wildman–Crippen MR) is 68.6 cm³/mol. The Balaban J connectivity index is 2.07. The zero-order chi connectivity index (χ0) is 11.8. The SMILES string of the molecule is CC(C)Cn1ncnc1CC1(C(C)Br)CC1. The topological polar surface area (TPSA) is 30.7 Å². The van der Waals surface area contributed by atoms with Crippen LogP contribution in [0.3, 0.4) is 0 Å². The Hall–Kier alpha value is -0.380. The lowest BCUT2D eigenvalue weighted by Crippen LogP contribution is -2.19. The van der Waals surface area contributed by atoms with Crippen molar-refractivity contribution >= 4 is 15.9 Å². The summed E-state index contributed by atoms with van der Waals surface area (Å²) < 4.78 is 2.07. The molecule has 1 fully saturated rings. The van der Waals surface area contributed by atoms with Gasteiger partial charge in [0.2, 0.25) is 0 Å². The van der Waals surface area contributed by atoms with Crippen molar-refractivity contribution in [3.05, 3.63) is 12.2 Å². The summed E-state index contributed by atoms with van der Waals surface area (Å²) in [5, 5.41) is 4.32. The Morgan fingerprint density at radius 3 is 2.62 bits per heavy atom. The van der Waals surface area contributed by atoms with Gasteiger partial charge in [0.25, 0.3) is 0 Å². The second-order valence-corrected chi connectivity index (χ2v) is 6.78. The second-order valence-electron chi connectivity index (χ2n) is 5.41. The van der Waals surface area contributed by atoms with Crippen molar-refractivity contribution in [1.29, 1.82) is 0 Å². The molecule has 1 saturated carbocycles. The maximum absolute atomic E-state index is 4.41. The highest BCUT2D eigenvalue weighted by molar-refractivity contribution is 9.09.